The first kappa shape index (κ1) is 18.5. The van der Waals surface area contributed by atoms with Crippen LogP contribution in [0.3, 0.4) is 0 Å². The predicted octanol–water partition coefficient (Wildman–Crippen LogP) is 1.79. The number of amides is 1. The molecule has 0 fully saturated rings. The summed E-state index contributed by atoms with van der Waals surface area (Å²) < 4.78 is 15.2. The van der Waals surface area contributed by atoms with E-state index in [1.807, 2.05) is 6.07 Å². The summed E-state index contributed by atoms with van der Waals surface area (Å²) in [6.45, 7) is 0.726. The van der Waals surface area contributed by atoms with E-state index in [4.69, 9.17) is 9.47 Å². The van der Waals surface area contributed by atoms with Gasteiger partial charge in [0.2, 0.25) is 0 Å². The Kier molecular flexibility index (Phi) is 5.16. The molecule has 1 aromatic carbocycles. The van der Waals surface area contributed by atoms with E-state index in [1.165, 1.54) is 13.3 Å². The zero-order valence-electron chi connectivity index (χ0n) is 15.3. The molecule has 0 atom stereocenters. The standard InChI is InChI=1S/C19H20N2O6/c1-25-12-5-4-11(15(8-12)26-2)10-21-7-6-13-14(18(21)23)9-20-16(17(13)22)19(24)27-3/h4-5,8-9,22H,6-7,10H2,1-3H3. The second-order valence-electron chi connectivity index (χ2n) is 5.99. The second-order valence-corrected chi connectivity index (χ2v) is 5.99. The lowest BCUT2D eigenvalue weighted by molar-refractivity contribution is 0.0587. The molecule has 0 bridgehead atoms. The highest BCUT2D eigenvalue weighted by Crippen LogP contribution is 2.32. The van der Waals surface area contributed by atoms with Crippen molar-refractivity contribution in [3.63, 3.8) is 0 Å². The first-order valence-corrected chi connectivity index (χ1v) is 8.29. The molecule has 0 saturated heterocycles. The molecule has 0 spiro atoms. The number of hydrogen-bond acceptors (Lipinski definition) is 7. The molecule has 8 heteroatoms. The van der Waals surface area contributed by atoms with Crippen LogP contribution in [0, 0.1) is 0 Å². The molecule has 1 aliphatic heterocycles. The number of rotatable bonds is 5. The molecule has 0 unspecified atom stereocenters. The first-order chi connectivity index (χ1) is 13.0. The summed E-state index contributed by atoms with van der Waals surface area (Å²) in [4.78, 5) is 30.0. The van der Waals surface area contributed by atoms with E-state index in [1.54, 1.807) is 31.3 Å². The number of carbonyl (C=O) groups is 2. The van der Waals surface area contributed by atoms with Gasteiger partial charge in [0.15, 0.2) is 11.4 Å². The van der Waals surface area contributed by atoms with Crippen LogP contribution in [0.5, 0.6) is 17.2 Å². The van der Waals surface area contributed by atoms with Crippen LogP contribution >= 0.6 is 0 Å². The summed E-state index contributed by atoms with van der Waals surface area (Å²) in [6, 6.07) is 5.40. The number of methoxy groups -OCH3 is 3. The minimum atomic E-state index is -0.742. The van der Waals surface area contributed by atoms with Crippen LogP contribution in [-0.2, 0) is 17.7 Å². The monoisotopic (exact) mass is 372 g/mol. The lowest BCUT2D eigenvalue weighted by Crippen LogP contribution is -2.37. The average molecular weight is 372 g/mol. The van der Waals surface area contributed by atoms with Crippen molar-refractivity contribution >= 4 is 11.9 Å². The predicted molar refractivity (Wildman–Crippen MR) is 95.2 cm³/mol. The molecular formula is C19H20N2O6. The minimum absolute atomic E-state index is 0.186. The number of pyridine rings is 1. The fourth-order valence-corrected chi connectivity index (χ4v) is 3.08. The summed E-state index contributed by atoms with van der Waals surface area (Å²) in [5, 5.41) is 10.3. The topological polar surface area (TPSA) is 98.2 Å². The third-order valence-corrected chi connectivity index (χ3v) is 4.54. The zero-order valence-corrected chi connectivity index (χ0v) is 15.3. The number of benzene rings is 1. The number of carbonyl (C=O) groups excluding carboxylic acids is 2. The second kappa shape index (κ2) is 7.53. The van der Waals surface area contributed by atoms with Crippen molar-refractivity contribution in [2.75, 3.05) is 27.9 Å². The van der Waals surface area contributed by atoms with Crippen molar-refractivity contribution in [3.8, 4) is 17.2 Å². The molecule has 0 saturated carbocycles. The van der Waals surface area contributed by atoms with Crippen LogP contribution in [-0.4, -0.2) is 54.7 Å². The van der Waals surface area contributed by atoms with E-state index in [0.29, 0.717) is 36.6 Å². The third-order valence-electron chi connectivity index (χ3n) is 4.54. The fourth-order valence-electron chi connectivity index (χ4n) is 3.08. The SMILES string of the molecule is COC(=O)c1ncc2c(c1O)CCN(Cc1ccc(OC)cc1OC)C2=O. The van der Waals surface area contributed by atoms with Crippen LogP contribution < -0.4 is 9.47 Å². The zero-order chi connectivity index (χ0) is 19.6. The van der Waals surface area contributed by atoms with E-state index in [9.17, 15) is 14.7 Å². The van der Waals surface area contributed by atoms with Crippen LogP contribution in [0.4, 0.5) is 0 Å². The lowest BCUT2D eigenvalue weighted by Gasteiger charge is -2.29. The van der Waals surface area contributed by atoms with E-state index in [2.05, 4.69) is 9.72 Å². The molecule has 2 aromatic rings. The van der Waals surface area contributed by atoms with E-state index < -0.39 is 5.97 Å². The molecule has 1 amide bonds. The van der Waals surface area contributed by atoms with Crippen LogP contribution in [0.2, 0.25) is 0 Å². The Labute approximate surface area is 156 Å². The number of aromatic nitrogens is 1. The Morgan fingerprint density at radius 3 is 2.70 bits per heavy atom. The maximum Gasteiger partial charge on any atom is 0.360 e. The Bertz CT molecular complexity index is 896. The number of hydrogen-bond donors (Lipinski definition) is 1. The Hall–Kier alpha value is -3.29. The van der Waals surface area contributed by atoms with Gasteiger partial charge in [0.25, 0.3) is 5.91 Å². The summed E-state index contributed by atoms with van der Waals surface area (Å²) >= 11 is 0. The average Bonchev–Trinajstić information content (AvgIpc) is 2.70. The van der Waals surface area contributed by atoms with Gasteiger partial charge in [-0.15, -0.1) is 0 Å². The Balaban J connectivity index is 1.88. The molecule has 1 N–H and O–H groups in total. The van der Waals surface area contributed by atoms with Crippen molar-refractivity contribution in [3.05, 3.63) is 46.8 Å². The van der Waals surface area contributed by atoms with Crippen LogP contribution in [0.1, 0.15) is 32.0 Å². The van der Waals surface area contributed by atoms with Gasteiger partial charge in [-0.25, -0.2) is 9.78 Å². The maximum absolute atomic E-state index is 12.8. The van der Waals surface area contributed by atoms with Crippen LogP contribution in [0.25, 0.3) is 0 Å². The Morgan fingerprint density at radius 2 is 2.04 bits per heavy atom. The minimum Gasteiger partial charge on any atom is -0.505 e. The van der Waals surface area contributed by atoms with Gasteiger partial charge in [-0.1, -0.05) is 0 Å². The van der Waals surface area contributed by atoms with Gasteiger partial charge in [0.1, 0.15) is 11.5 Å². The number of aromatic hydroxyl groups is 1. The van der Waals surface area contributed by atoms with Gasteiger partial charge >= 0.3 is 5.97 Å². The number of esters is 1. The third kappa shape index (κ3) is 3.38. The molecule has 3 rings (SSSR count). The van der Waals surface area contributed by atoms with Crippen molar-refractivity contribution < 1.29 is 28.9 Å². The molecule has 142 valence electrons. The first-order valence-electron chi connectivity index (χ1n) is 8.29. The van der Waals surface area contributed by atoms with E-state index in [-0.39, 0.29) is 22.9 Å². The molecule has 27 heavy (non-hydrogen) atoms. The number of fused-ring (bicyclic) bond motifs is 1. The van der Waals surface area contributed by atoms with Crippen molar-refractivity contribution in [1.82, 2.24) is 9.88 Å². The number of ether oxygens (including phenoxy) is 3. The molecular weight excluding hydrogens is 352 g/mol. The highest BCUT2D eigenvalue weighted by atomic mass is 16.5. The van der Waals surface area contributed by atoms with E-state index >= 15 is 0 Å². The number of nitrogens with zero attached hydrogens (tertiary/aromatic N) is 2. The van der Waals surface area contributed by atoms with Gasteiger partial charge in [0, 0.05) is 36.5 Å². The van der Waals surface area contributed by atoms with Gasteiger partial charge < -0.3 is 24.2 Å². The molecule has 8 nitrogen and oxygen atoms in total. The van der Waals surface area contributed by atoms with Gasteiger partial charge in [-0.3, -0.25) is 4.79 Å². The maximum atomic E-state index is 12.8. The van der Waals surface area contributed by atoms with Crippen molar-refractivity contribution in [2.45, 2.75) is 13.0 Å². The summed E-state index contributed by atoms with van der Waals surface area (Å²) in [5.41, 5.74) is 1.33. The summed E-state index contributed by atoms with van der Waals surface area (Å²) in [6.07, 6.45) is 1.71. The van der Waals surface area contributed by atoms with Crippen molar-refractivity contribution in [2.24, 2.45) is 0 Å². The molecule has 1 aromatic heterocycles. The fraction of sp³-hybridized carbons (Fsp3) is 0.316. The molecule has 0 radical (unpaired) electrons. The van der Waals surface area contributed by atoms with Gasteiger partial charge in [0.05, 0.1) is 26.9 Å². The summed E-state index contributed by atoms with van der Waals surface area (Å²) in [5.74, 6) is -0.0267. The van der Waals surface area contributed by atoms with Gasteiger partial charge in [-0.2, -0.15) is 0 Å². The largest absolute Gasteiger partial charge is 0.505 e. The highest BCUT2D eigenvalue weighted by Gasteiger charge is 2.30. The smallest absolute Gasteiger partial charge is 0.360 e. The normalized spacial score (nSPS) is 13.1. The molecule has 0 aliphatic carbocycles. The lowest BCUT2D eigenvalue weighted by atomic mass is 9.98. The quantitative estimate of drug-likeness (QED) is 0.799. The van der Waals surface area contributed by atoms with Crippen LogP contribution in [0.15, 0.2) is 24.4 Å². The van der Waals surface area contributed by atoms with E-state index in [0.717, 1.165) is 5.56 Å². The Morgan fingerprint density at radius 1 is 1.26 bits per heavy atom. The molecule has 2 heterocycles. The molecule has 1 aliphatic rings. The van der Waals surface area contributed by atoms with Gasteiger partial charge in [-0.05, 0) is 18.6 Å². The highest BCUT2D eigenvalue weighted by molar-refractivity contribution is 5.99. The van der Waals surface area contributed by atoms with Crippen molar-refractivity contribution in [1.29, 1.82) is 0 Å². The summed E-state index contributed by atoms with van der Waals surface area (Å²) in [7, 11) is 4.33.